The largest absolute Gasteiger partial charge is 0.457 e. The second-order valence-corrected chi connectivity index (χ2v) is 4.73. The summed E-state index contributed by atoms with van der Waals surface area (Å²) in [6.45, 7) is 4.86. The monoisotopic (exact) mass is 246 g/mol. The maximum atomic E-state index is 11.1. The predicted molar refractivity (Wildman–Crippen MR) is 56.0 cm³/mol. The Hall–Kier alpha value is -0.690. The van der Waals surface area contributed by atoms with Gasteiger partial charge in [0.1, 0.15) is 6.10 Å². The Kier molecular flexibility index (Phi) is 3.40. The third-order valence-corrected chi connectivity index (χ3v) is 2.80. The second kappa shape index (κ2) is 4.53. The molecule has 0 aromatic rings. The molecule has 0 aromatic carbocycles. The van der Waals surface area contributed by atoms with Gasteiger partial charge in [-0.25, -0.2) is 0 Å². The summed E-state index contributed by atoms with van der Waals surface area (Å²) >= 11 is 0. The van der Waals surface area contributed by atoms with Gasteiger partial charge < -0.3 is 24.1 Å². The average molecular weight is 246 g/mol. The zero-order valence-electron chi connectivity index (χ0n) is 10.2. The Balaban J connectivity index is 2.09. The molecule has 6 heteroatoms. The normalized spacial score (nSPS) is 39.1. The minimum atomic E-state index is -0.738. The number of carbonyl (C=O) groups is 1. The van der Waals surface area contributed by atoms with Crippen molar-refractivity contribution in [1.82, 2.24) is 0 Å². The molecule has 0 spiro atoms. The molecule has 0 aliphatic carbocycles. The zero-order valence-corrected chi connectivity index (χ0v) is 10.2. The molecule has 2 fully saturated rings. The summed E-state index contributed by atoms with van der Waals surface area (Å²) in [6.07, 6.45) is -1.48. The molecule has 0 amide bonds. The van der Waals surface area contributed by atoms with E-state index in [1.165, 1.54) is 6.92 Å². The first kappa shape index (κ1) is 12.8. The van der Waals surface area contributed by atoms with Crippen molar-refractivity contribution in [2.24, 2.45) is 0 Å². The van der Waals surface area contributed by atoms with Crippen molar-refractivity contribution in [3.05, 3.63) is 0 Å². The number of carbonyl (C=O) groups excluding carboxylic acids is 1. The molecule has 0 unspecified atom stereocenters. The topological polar surface area (TPSA) is 74.2 Å². The van der Waals surface area contributed by atoms with Crippen molar-refractivity contribution in [2.75, 3.05) is 6.61 Å². The maximum Gasteiger partial charge on any atom is 0.303 e. The highest BCUT2D eigenvalue weighted by molar-refractivity contribution is 5.66. The first-order valence-corrected chi connectivity index (χ1v) is 5.72. The Morgan fingerprint density at radius 2 is 2.12 bits per heavy atom. The van der Waals surface area contributed by atoms with Crippen LogP contribution in [0.4, 0.5) is 0 Å². The van der Waals surface area contributed by atoms with Crippen molar-refractivity contribution < 1.29 is 28.8 Å². The standard InChI is InChI=1S/C11H18O6/c1-6(13)14-8-7(4-5-12)15-10-9(8)16-11(2,3)17-10/h7-10,12H,4-5H2,1-3H3/t7-,8+,9-,10-/m1/s1. The molecule has 17 heavy (non-hydrogen) atoms. The highest BCUT2D eigenvalue weighted by Crippen LogP contribution is 2.39. The highest BCUT2D eigenvalue weighted by Gasteiger charge is 2.56. The van der Waals surface area contributed by atoms with E-state index in [0.717, 1.165) is 0 Å². The van der Waals surface area contributed by atoms with Gasteiger partial charge >= 0.3 is 5.97 Å². The molecule has 2 heterocycles. The summed E-state index contributed by atoms with van der Waals surface area (Å²) in [5.41, 5.74) is 0. The van der Waals surface area contributed by atoms with Gasteiger partial charge in [-0.2, -0.15) is 0 Å². The van der Waals surface area contributed by atoms with Crippen molar-refractivity contribution in [2.45, 2.75) is 57.6 Å². The van der Waals surface area contributed by atoms with Crippen LogP contribution in [0.1, 0.15) is 27.2 Å². The number of aliphatic hydroxyl groups excluding tert-OH is 1. The number of ether oxygens (including phenoxy) is 4. The van der Waals surface area contributed by atoms with Gasteiger partial charge in [0, 0.05) is 20.0 Å². The van der Waals surface area contributed by atoms with E-state index in [9.17, 15) is 4.79 Å². The van der Waals surface area contributed by atoms with Crippen LogP contribution < -0.4 is 0 Å². The molecule has 2 aliphatic rings. The Bertz CT molecular complexity index is 302. The van der Waals surface area contributed by atoms with Gasteiger partial charge in [-0.3, -0.25) is 4.79 Å². The van der Waals surface area contributed by atoms with Gasteiger partial charge in [0.2, 0.25) is 0 Å². The van der Waals surface area contributed by atoms with Crippen LogP contribution in [0.3, 0.4) is 0 Å². The first-order chi connectivity index (χ1) is 7.93. The molecule has 6 nitrogen and oxygen atoms in total. The minimum absolute atomic E-state index is 0.0364. The molecule has 98 valence electrons. The van der Waals surface area contributed by atoms with Gasteiger partial charge in [0.15, 0.2) is 24.3 Å². The predicted octanol–water partition coefficient (Wildman–Crippen LogP) is 0.177. The molecule has 2 rings (SSSR count). The molecule has 0 saturated carbocycles. The number of aliphatic hydroxyl groups is 1. The number of esters is 1. The van der Waals surface area contributed by atoms with Crippen LogP contribution >= 0.6 is 0 Å². The Morgan fingerprint density at radius 1 is 1.41 bits per heavy atom. The minimum Gasteiger partial charge on any atom is -0.457 e. The van der Waals surface area contributed by atoms with Crippen LogP contribution in [0.5, 0.6) is 0 Å². The van der Waals surface area contributed by atoms with E-state index in [-0.39, 0.29) is 12.7 Å². The Labute approximate surface area is 99.8 Å². The van der Waals surface area contributed by atoms with Crippen molar-refractivity contribution >= 4 is 5.97 Å². The van der Waals surface area contributed by atoms with Crippen LogP contribution in [-0.4, -0.2) is 48.1 Å². The second-order valence-electron chi connectivity index (χ2n) is 4.73. The lowest BCUT2D eigenvalue weighted by atomic mass is 10.1. The molecular weight excluding hydrogens is 228 g/mol. The Morgan fingerprint density at radius 3 is 2.71 bits per heavy atom. The van der Waals surface area contributed by atoms with E-state index < -0.39 is 30.3 Å². The summed E-state index contributed by atoms with van der Waals surface area (Å²) in [5, 5.41) is 8.94. The van der Waals surface area contributed by atoms with Crippen LogP contribution in [-0.2, 0) is 23.7 Å². The maximum absolute atomic E-state index is 11.1. The van der Waals surface area contributed by atoms with E-state index in [4.69, 9.17) is 24.1 Å². The summed E-state index contributed by atoms with van der Waals surface area (Å²) in [7, 11) is 0. The van der Waals surface area contributed by atoms with E-state index in [1.54, 1.807) is 13.8 Å². The number of hydrogen-bond donors (Lipinski definition) is 1. The van der Waals surface area contributed by atoms with Crippen LogP contribution in [0.25, 0.3) is 0 Å². The summed E-state index contributed by atoms with van der Waals surface area (Å²) in [5.74, 6) is -1.13. The van der Waals surface area contributed by atoms with E-state index in [0.29, 0.717) is 6.42 Å². The summed E-state index contributed by atoms with van der Waals surface area (Å²) in [4.78, 5) is 11.1. The van der Waals surface area contributed by atoms with Gasteiger partial charge in [0.25, 0.3) is 0 Å². The molecule has 0 aromatic heterocycles. The lowest BCUT2D eigenvalue weighted by Crippen LogP contribution is -2.38. The van der Waals surface area contributed by atoms with E-state index >= 15 is 0 Å². The summed E-state index contributed by atoms with van der Waals surface area (Å²) in [6, 6.07) is 0. The lowest BCUT2D eigenvalue weighted by Gasteiger charge is -2.25. The third kappa shape index (κ3) is 2.60. The lowest BCUT2D eigenvalue weighted by molar-refractivity contribution is -0.219. The van der Waals surface area contributed by atoms with Gasteiger partial charge in [-0.15, -0.1) is 0 Å². The van der Waals surface area contributed by atoms with Crippen molar-refractivity contribution in [3.63, 3.8) is 0 Å². The van der Waals surface area contributed by atoms with Gasteiger partial charge in [-0.05, 0) is 13.8 Å². The average Bonchev–Trinajstić information content (AvgIpc) is 2.62. The smallest absolute Gasteiger partial charge is 0.303 e. The molecule has 2 aliphatic heterocycles. The van der Waals surface area contributed by atoms with Crippen LogP contribution in [0, 0.1) is 0 Å². The number of rotatable bonds is 3. The van der Waals surface area contributed by atoms with Crippen molar-refractivity contribution in [3.8, 4) is 0 Å². The van der Waals surface area contributed by atoms with Gasteiger partial charge in [-0.1, -0.05) is 0 Å². The summed E-state index contributed by atoms with van der Waals surface area (Å²) < 4.78 is 22.0. The zero-order chi connectivity index (χ0) is 12.6. The third-order valence-electron chi connectivity index (χ3n) is 2.80. The molecule has 1 N–H and O–H groups in total. The van der Waals surface area contributed by atoms with Crippen molar-refractivity contribution in [1.29, 1.82) is 0 Å². The SMILES string of the molecule is CC(=O)O[C@@H]1[C@H]2OC(C)(C)O[C@H]2O[C@@H]1CCO. The van der Waals surface area contributed by atoms with Crippen LogP contribution in [0.15, 0.2) is 0 Å². The fourth-order valence-corrected chi connectivity index (χ4v) is 2.24. The molecule has 0 radical (unpaired) electrons. The van der Waals surface area contributed by atoms with Gasteiger partial charge in [0.05, 0.1) is 0 Å². The fraction of sp³-hybridized carbons (Fsp3) is 0.909. The number of fused-ring (bicyclic) bond motifs is 1. The molecular formula is C11H18O6. The van der Waals surface area contributed by atoms with E-state index in [1.807, 2.05) is 0 Å². The molecule has 4 atom stereocenters. The molecule has 0 bridgehead atoms. The highest BCUT2D eigenvalue weighted by atomic mass is 16.8. The fourth-order valence-electron chi connectivity index (χ4n) is 2.24. The first-order valence-electron chi connectivity index (χ1n) is 5.72. The number of hydrogen-bond acceptors (Lipinski definition) is 6. The van der Waals surface area contributed by atoms with Crippen LogP contribution in [0.2, 0.25) is 0 Å². The van der Waals surface area contributed by atoms with E-state index in [2.05, 4.69) is 0 Å². The molecule has 2 saturated heterocycles. The quantitative estimate of drug-likeness (QED) is 0.716.